The lowest BCUT2D eigenvalue weighted by Crippen LogP contribution is -2.27. The number of carbonyl (C=O) groups excluding carboxylic acids is 1. The average molecular weight is 289 g/mol. The number of anilines is 1. The highest BCUT2D eigenvalue weighted by Crippen LogP contribution is 2.27. The van der Waals surface area contributed by atoms with Crippen LogP contribution in [-0.2, 0) is 14.9 Å². The molecule has 1 aliphatic heterocycles. The van der Waals surface area contributed by atoms with E-state index in [9.17, 15) is 13.2 Å². The van der Waals surface area contributed by atoms with Crippen molar-refractivity contribution in [2.45, 2.75) is 4.90 Å². The second-order valence-corrected chi connectivity index (χ2v) is 6.28. The van der Waals surface area contributed by atoms with Gasteiger partial charge in [-0.05, 0) is 24.3 Å². The summed E-state index contributed by atoms with van der Waals surface area (Å²) in [4.78, 5) is 12.6. The van der Waals surface area contributed by atoms with Crippen molar-refractivity contribution in [3.63, 3.8) is 0 Å². The van der Waals surface area contributed by atoms with Crippen molar-refractivity contribution in [3.05, 3.63) is 24.3 Å². The molecule has 0 bridgehead atoms. The van der Waals surface area contributed by atoms with Crippen LogP contribution in [0.2, 0.25) is 0 Å². The van der Waals surface area contributed by atoms with Crippen molar-refractivity contribution in [1.29, 1.82) is 0 Å². The van der Waals surface area contributed by atoms with Crippen LogP contribution in [-0.4, -0.2) is 29.0 Å². The van der Waals surface area contributed by atoms with E-state index in [4.69, 9.17) is 16.8 Å². The van der Waals surface area contributed by atoms with Gasteiger partial charge in [-0.15, -0.1) is 0 Å². The lowest BCUT2D eigenvalue weighted by molar-refractivity contribution is -0.115. The molecule has 90 valence electrons. The Morgan fingerprint density at radius 2 is 1.88 bits per heavy atom. The van der Waals surface area contributed by atoms with E-state index in [-0.39, 0.29) is 10.8 Å². The second-order valence-electron chi connectivity index (χ2n) is 3.25. The van der Waals surface area contributed by atoms with E-state index >= 15 is 0 Å². The lowest BCUT2D eigenvalue weighted by Gasteiger charge is -2.14. The van der Waals surface area contributed by atoms with E-state index in [0.29, 0.717) is 15.8 Å². The summed E-state index contributed by atoms with van der Waals surface area (Å²) in [6, 6.07) is 5.31. The third-order valence-corrected chi connectivity index (χ3v) is 4.37. The molecule has 5 nitrogen and oxygen atoms in total. The maximum Gasteiger partial charge on any atom is 0.294 e. The molecule has 1 heterocycles. The first-order valence-electron chi connectivity index (χ1n) is 4.47. The van der Waals surface area contributed by atoms with Gasteiger partial charge in [0.2, 0.25) is 5.91 Å². The third-order valence-electron chi connectivity index (χ3n) is 2.14. The van der Waals surface area contributed by atoms with Gasteiger partial charge in [0, 0.05) is 0 Å². The Balaban J connectivity index is 2.36. The lowest BCUT2D eigenvalue weighted by atomic mass is 10.3. The third kappa shape index (κ3) is 2.49. The van der Waals surface area contributed by atoms with Crippen LogP contribution in [0, 0.1) is 0 Å². The Hall–Kier alpha value is -0.960. The van der Waals surface area contributed by atoms with Crippen molar-refractivity contribution in [3.8, 4) is 0 Å². The first kappa shape index (κ1) is 12.5. The minimum Gasteiger partial charge on any atom is -0.282 e. The van der Waals surface area contributed by atoms with Gasteiger partial charge in [-0.1, -0.05) is 24.0 Å². The second kappa shape index (κ2) is 4.37. The molecule has 0 aromatic heterocycles. The minimum absolute atomic E-state index is 0.139. The molecule has 1 amide bonds. The van der Waals surface area contributed by atoms with Crippen molar-refractivity contribution in [1.82, 2.24) is 0 Å². The van der Waals surface area contributed by atoms with Gasteiger partial charge in [0.1, 0.15) is 4.32 Å². The Morgan fingerprint density at radius 3 is 2.29 bits per heavy atom. The Labute approximate surface area is 108 Å². The first-order chi connectivity index (χ1) is 7.89. The molecule has 0 unspecified atom stereocenters. The number of carbonyl (C=O) groups is 1. The molecule has 1 saturated heterocycles. The fourth-order valence-corrected chi connectivity index (χ4v) is 2.95. The van der Waals surface area contributed by atoms with Crippen molar-refractivity contribution >= 4 is 50.0 Å². The summed E-state index contributed by atoms with van der Waals surface area (Å²) in [5.74, 6) is 0.151. The minimum atomic E-state index is -4.21. The highest BCUT2D eigenvalue weighted by Gasteiger charge is 2.28. The van der Waals surface area contributed by atoms with E-state index in [1.54, 1.807) is 0 Å². The summed E-state index contributed by atoms with van der Waals surface area (Å²) in [5.41, 5.74) is 0.498. The van der Waals surface area contributed by atoms with Crippen LogP contribution in [0.3, 0.4) is 0 Å². The fraction of sp³-hybridized carbons (Fsp3) is 0.111. The van der Waals surface area contributed by atoms with Crippen molar-refractivity contribution < 1.29 is 17.8 Å². The van der Waals surface area contributed by atoms with Crippen LogP contribution in [0.4, 0.5) is 5.69 Å². The monoisotopic (exact) mass is 289 g/mol. The molecule has 2 rings (SSSR count). The van der Waals surface area contributed by atoms with Gasteiger partial charge < -0.3 is 0 Å². The largest absolute Gasteiger partial charge is 0.294 e. The first-order valence-corrected chi connectivity index (χ1v) is 7.30. The molecule has 0 spiro atoms. The zero-order valence-electron chi connectivity index (χ0n) is 8.36. The molecule has 1 fully saturated rings. The van der Waals surface area contributed by atoms with Gasteiger partial charge in [-0.25, -0.2) is 0 Å². The summed E-state index contributed by atoms with van der Waals surface area (Å²) in [7, 11) is -4.21. The highest BCUT2D eigenvalue weighted by atomic mass is 32.2. The topological polar surface area (TPSA) is 74.7 Å². The molecule has 17 heavy (non-hydrogen) atoms. The maximum atomic E-state index is 11.5. The van der Waals surface area contributed by atoms with Gasteiger partial charge in [-0.2, -0.15) is 8.42 Å². The van der Waals surface area contributed by atoms with Crippen LogP contribution < -0.4 is 4.90 Å². The predicted octanol–water partition coefficient (Wildman–Crippen LogP) is 1.30. The van der Waals surface area contributed by atoms with Gasteiger partial charge in [0.05, 0.1) is 16.3 Å². The number of benzene rings is 1. The molecule has 1 N–H and O–H groups in total. The van der Waals surface area contributed by atoms with E-state index in [0.717, 1.165) is 0 Å². The standard InChI is InChI=1S/C9H7NO4S3/c11-8-5-16-9(15)10(8)6-1-3-7(4-2-6)17(12,13)14/h1-4H,5H2,(H,12,13,14). The van der Waals surface area contributed by atoms with Crippen LogP contribution in [0.1, 0.15) is 0 Å². The molecule has 1 aliphatic rings. The zero-order valence-corrected chi connectivity index (χ0v) is 10.8. The van der Waals surface area contributed by atoms with Crippen LogP contribution in [0.15, 0.2) is 29.2 Å². The molecule has 0 radical (unpaired) electrons. The molecular formula is C9H7NO4S3. The predicted molar refractivity (Wildman–Crippen MR) is 68.8 cm³/mol. The Kier molecular flexibility index (Phi) is 3.21. The number of rotatable bonds is 2. The number of nitrogens with zero attached hydrogens (tertiary/aromatic N) is 1. The van der Waals surface area contributed by atoms with Crippen molar-refractivity contribution in [2.24, 2.45) is 0 Å². The van der Waals surface area contributed by atoms with E-state index < -0.39 is 10.1 Å². The molecule has 1 aromatic carbocycles. The van der Waals surface area contributed by atoms with Gasteiger partial charge in [-0.3, -0.25) is 14.2 Å². The summed E-state index contributed by atoms with van der Waals surface area (Å²) >= 11 is 6.26. The molecule has 1 aromatic rings. The van der Waals surface area contributed by atoms with Gasteiger partial charge in [0.25, 0.3) is 10.1 Å². The Bertz CT molecular complexity index is 563. The van der Waals surface area contributed by atoms with Gasteiger partial charge in [0.15, 0.2) is 0 Å². The molecule has 0 atom stereocenters. The smallest absolute Gasteiger partial charge is 0.282 e. The summed E-state index contributed by atoms with van der Waals surface area (Å²) < 4.78 is 30.9. The summed E-state index contributed by atoms with van der Waals surface area (Å²) in [6.45, 7) is 0. The molecule has 8 heteroatoms. The number of thioether (sulfide) groups is 1. The average Bonchev–Trinajstić information content (AvgIpc) is 2.58. The highest BCUT2D eigenvalue weighted by molar-refractivity contribution is 8.24. The van der Waals surface area contributed by atoms with E-state index in [1.165, 1.54) is 40.9 Å². The van der Waals surface area contributed by atoms with E-state index in [1.807, 2.05) is 0 Å². The SMILES string of the molecule is O=C1CSC(=S)N1c1ccc(S(=O)(=O)O)cc1. The zero-order chi connectivity index (χ0) is 12.6. The molecule has 0 saturated carbocycles. The number of hydrogen-bond donors (Lipinski definition) is 1. The van der Waals surface area contributed by atoms with E-state index in [2.05, 4.69) is 0 Å². The van der Waals surface area contributed by atoms with Crippen LogP contribution in [0.25, 0.3) is 0 Å². The number of thiocarbonyl (C=S) groups is 1. The Morgan fingerprint density at radius 1 is 1.29 bits per heavy atom. The van der Waals surface area contributed by atoms with Gasteiger partial charge >= 0.3 is 0 Å². The summed E-state index contributed by atoms with van der Waals surface area (Å²) in [5, 5.41) is 0. The molecule has 0 aliphatic carbocycles. The maximum absolute atomic E-state index is 11.5. The van der Waals surface area contributed by atoms with Crippen molar-refractivity contribution in [2.75, 3.05) is 10.7 Å². The summed E-state index contributed by atoms with van der Waals surface area (Å²) in [6.07, 6.45) is 0. The number of amides is 1. The molecular weight excluding hydrogens is 282 g/mol. The quantitative estimate of drug-likeness (QED) is 0.653. The number of hydrogen-bond acceptors (Lipinski definition) is 5. The normalized spacial score (nSPS) is 16.6. The van der Waals surface area contributed by atoms with Crippen LogP contribution in [0.5, 0.6) is 0 Å². The fourth-order valence-electron chi connectivity index (χ4n) is 1.37. The van der Waals surface area contributed by atoms with Crippen LogP contribution >= 0.6 is 24.0 Å².